The maximum absolute atomic E-state index is 13.4. The molecule has 0 spiro atoms. The van der Waals surface area contributed by atoms with Gasteiger partial charge >= 0.3 is 0 Å². The molecular formula is C21H20FN3O3S. The lowest BCUT2D eigenvalue weighted by atomic mass is 10.0. The molecule has 29 heavy (non-hydrogen) atoms. The largest absolute Gasteiger partial charge is 0.497 e. The van der Waals surface area contributed by atoms with Crippen molar-refractivity contribution in [1.29, 1.82) is 0 Å². The smallest absolute Gasteiger partial charge is 0.235 e. The van der Waals surface area contributed by atoms with Gasteiger partial charge in [0, 0.05) is 17.2 Å². The molecule has 3 aromatic rings. The average molecular weight is 413 g/mol. The molecule has 1 aliphatic rings. The van der Waals surface area contributed by atoms with Crippen molar-refractivity contribution in [1.82, 2.24) is 9.78 Å². The first-order valence-electron chi connectivity index (χ1n) is 9.00. The van der Waals surface area contributed by atoms with E-state index in [-0.39, 0.29) is 22.7 Å². The van der Waals surface area contributed by atoms with Gasteiger partial charge in [0.05, 0.1) is 36.6 Å². The minimum Gasteiger partial charge on any atom is -0.497 e. The van der Waals surface area contributed by atoms with Crippen molar-refractivity contribution in [2.24, 2.45) is 0 Å². The number of nitrogens with zero attached hydrogens (tertiary/aromatic N) is 2. The van der Waals surface area contributed by atoms with Gasteiger partial charge in [-0.1, -0.05) is 6.07 Å². The van der Waals surface area contributed by atoms with E-state index < -0.39 is 0 Å². The summed E-state index contributed by atoms with van der Waals surface area (Å²) in [5.74, 6) is 1.80. The van der Waals surface area contributed by atoms with E-state index in [0.29, 0.717) is 23.0 Å². The molecule has 0 radical (unpaired) electrons. The fourth-order valence-corrected chi connectivity index (χ4v) is 4.65. The van der Waals surface area contributed by atoms with E-state index in [1.807, 2.05) is 25.1 Å². The molecule has 150 valence electrons. The first kappa shape index (κ1) is 19.3. The number of benzene rings is 2. The molecule has 1 N–H and O–H groups in total. The van der Waals surface area contributed by atoms with E-state index >= 15 is 0 Å². The third-order valence-corrected chi connectivity index (χ3v) is 6.05. The number of aromatic nitrogens is 2. The van der Waals surface area contributed by atoms with Crippen molar-refractivity contribution in [3.05, 3.63) is 65.1 Å². The SMILES string of the molecule is COc1ccc([C@@H]2SCC(=O)Nc3c2c(C)nn3-c2ccc(F)cc2)c(OC)c1. The van der Waals surface area contributed by atoms with Crippen LogP contribution in [0.2, 0.25) is 0 Å². The number of nitrogens with one attached hydrogen (secondary N) is 1. The van der Waals surface area contributed by atoms with Crippen LogP contribution < -0.4 is 14.8 Å². The molecule has 0 saturated carbocycles. The number of rotatable bonds is 4. The molecule has 1 atom stereocenters. The highest BCUT2D eigenvalue weighted by atomic mass is 32.2. The van der Waals surface area contributed by atoms with Crippen molar-refractivity contribution in [2.75, 3.05) is 25.3 Å². The maximum atomic E-state index is 13.4. The van der Waals surface area contributed by atoms with E-state index in [9.17, 15) is 9.18 Å². The van der Waals surface area contributed by atoms with Crippen LogP contribution in [0, 0.1) is 12.7 Å². The molecule has 6 nitrogen and oxygen atoms in total. The van der Waals surface area contributed by atoms with Crippen LogP contribution in [0.3, 0.4) is 0 Å². The van der Waals surface area contributed by atoms with Crippen molar-refractivity contribution in [2.45, 2.75) is 12.2 Å². The Morgan fingerprint density at radius 2 is 1.93 bits per heavy atom. The topological polar surface area (TPSA) is 65.4 Å². The van der Waals surface area contributed by atoms with Crippen LogP contribution in [0.5, 0.6) is 11.5 Å². The summed E-state index contributed by atoms with van der Waals surface area (Å²) in [4.78, 5) is 12.4. The van der Waals surface area contributed by atoms with Crippen LogP contribution in [-0.4, -0.2) is 35.7 Å². The van der Waals surface area contributed by atoms with Gasteiger partial charge in [-0.15, -0.1) is 11.8 Å². The van der Waals surface area contributed by atoms with Crippen LogP contribution in [0.15, 0.2) is 42.5 Å². The number of ether oxygens (including phenoxy) is 2. The van der Waals surface area contributed by atoms with Gasteiger partial charge in [0.1, 0.15) is 23.1 Å². The van der Waals surface area contributed by atoms with Crippen molar-refractivity contribution in [3.63, 3.8) is 0 Å². The van der Waals surface area contributed by atoms with Crippen molar-refractivity contribution < 1.29 is 18.7 Å². The molecule has 2 aromatic carbocycles. The summed E-state index contributed by atoms with van der Waals surface area (Å²) in [6.07, 6.45) is 0. The minimum absolute atomic E-state index is 0.116. The third-order valence-electron chi connectivity index (χ3n) is 4.80. The summed E-state index contributed by atoms with van der Waals surface area (Å²) in [6.45, 7) is 1.90. The van der Waals surface area contributed by atoms with Crippen LogP contribution >= 0.6 is 11.8 Å². The summed E-state index contributed by atoms with van der Waals surface area (Å²) >= 11 is 1.51. The molecule has 1 amide bonds. The number of thioether (sulfide) groups is 1. The lowest BCUT2D eigenvalue weighted by Crippen LogP contribution is -2.15. The quantitative estimate of drug-likeness (QED) is 0.697. The number of carbonyl (C=O) groups excluding carboxylic acids is 1. The maximum Gasteiger partial charge on any atom is 0.235 e. The number of carbonyl (C=O) groups is 1. The third kappa shape index (κ3) is 3.55. The molecule has 0 bridgehead atoms. The Labute approximate surface area is 172 Å². The van der Waals surface area contributed by atoms with Crippen molar-refractivity contribution >= 4 is 23.5 Å². The molecule has 1 aliphatic heterocycles. The number of halogens is 1. The fraction of sp³-hybridized carbons (Fsp3) is 0.238. The van der Waals surface area contributed by atoms with Gasteiger partial charge < -0.3 is 14.8 Å². The number of hydrogen-bond donors (Lipinski definition) is 1. The summed E-state index contributed by atoms with van der Waals surface area (Å²) in [6, 6.07) is 11.7. The lowest BCUT2D eigenvalue weighted by molar-refractivity contribution is -0.113. The highest BCUT2D eigenvalue weighted by Gasteiger charge is 2.32. The van der Waals surface area contributed by atoms with Crippen LogP contribution in [-0.2, 0) is 4.79 Å². The number of hydrogen-bond acceptors (Lipinski definition) is 5. The molecule has 4 rings (SSSR count). The zero-order valence-electron chi connectivity index (χ0n) is 16.2. The van der Waals surface area contributed by atoms with E-state index in [0.717, 1.165) is 16.8 Å². The Kier molecular flexibility index (Phi) is 5.19. The second-order valence-corrected chi connectivity index (χ2v) is 7.68. The van der Waals surface area contributed by atoms with Crippen LogP contribution in [0.4, 0.5) is 10.2 Å². The molecule has 8 heteroatoms. The van der Waals surface area contributed by atoms with Gasteiger partial charge in [-0.2, -0.15) is 5.10 Å². The normalized spacial score (nSPS) is 16.0. The zero-order valence-corrected chi connectivity index (χ0v) is 17.0. The first-order valence-corrected chi connectivity index (χ1v) is 10.1. The fourth-order valence-electron chi connectivity index (χ4n) is 3.43. The summed E-state index contributed by atoms with van der Waals surface area (Å²) in [5, 5.41) is 7.43. The van der Waals surface area contributed by atoms with Gasteiger partial charge in [0.2, 0.25) is 5.91 Å². The molecule has 0 aliphatic carbocycles. The number of methoxy groups -OCH3 is 2. The summed E-state index contributed by atoms with van der Waals surface area (Å²) in [7, 11) is 3.21. The van der Waals surface area contributed by atoms with E-state index in [4.69, 9.17) is 9.47 Å². The molecule has 2 heterocycles. The molecular weight excluding hydrogens is 393 g/mol. The summed E-state index contributed by atoms with van der Waals surface area (Å²) < 4.78 is 25.9. The van der Waals surface area contributed by atoms with Gasteiger partial charge in [-0.3, -0.25) is 4.79 Å². The highest BCUT2D eigenvalue weighted by molar-refractivity contribution is 8.00. The zero-order chi connectivity index (χ0) is 20.5. The molecule has 0 saturated heterocycles. The van der Waals surface area contributed by atoms with Gasteiger partial charge in [0.25, 0.3) is 0 Å². The average Bonchev–Trinajstić information content (AvgIpc) is 2.93. The second-order valence-electron chi connectivity index (χ2n) is 6.58. The first-order chi connectivity index (χ1) is 14.0. The monoisotopic (exact) mass is 413 g/mol. The molecule has 0 unspecified atom stereocenters. The second kappa shape index (κ2) is 7.79. The Hall–Kier alpha value is -3.00. The van der Waals surface area contributed by atoms with Gasteiger partial charge in [0.15, 0.2) is 0 Å². The van der Waals surface area contributed by atoms with E-state index in [2.05, 4.69) is 10.4 Å². The molecule has 1 aromatic heterocycles. The predicted molar refractivity (Wildman–Crippen MR) is 111 cm³/mol. The number of anilines is 1. The van der Waals surface area contributed by atoms with Crippen LogP contribution in [0.25, 0.3) is 5.69 Å². The standard InChI is InChI=1S/C21H20FN3O3S/c1-12-19-20(16-9-8-15(27-2)10-17(16)28-3)29-11-18(26)23-21(19)25(24-12)14-6-4-13(22)5-7-14/h4-10,20H,11H2,1-3H3,(H,23,26)/t20-/m0/s1. The highest BCUT2D eigenvalue weighted by Crippen LogP contribution is 2.47. The Balaban J connectivity index is 1.88. The minimum atomic E-state index is -0.329. The Bertz CT molecular complexity index is 1070. The molecule has 0 fully saturated rings. The van der Waals surface area contributed by atoms with E-state index in [1.54, 1.807) is 31.0 Å². The van der Waals surface area contributed by atoms with Gasteiger partial charge in [-0.05, 0) is 37.3 Å². The van der Waals surface area contributed by atoms with Crippen molar-refractivity contribution in [3.8, 4) is 17.2 Å². The Morgan fingerprint density at radius 1 is 1.17 bits per heavy atom. The van der Waals surface area contributed by atoms with E-state index in [1.165, 1.54) is 23.9 Å². The lowest BCUT2D eigenvalue weighted by Gasteiger charge is -2.19. The predicted octanol–water partition coefficient (Wildman–Crippen LogP) is 4.11. The van der Waals surface area contributed by atoms with Crippen LogP contribution in [0.1, 0.15) is 22.1 Å². The summed E-state index contributed by atoms with van der Waals surface area (Å²) in [5.41, 5.74) is 3.27. The number of fused-ring (bicyclic) bond motifs is 1. The number of aryl methyl sites for hydroxylation is 1. The Morgan fingerprint density at radius 3 is 2.62 bits per heavy atom. The number of amides is 1. The van der Waals surface area contributed by atoms with Gasteiger partial charge in [-0.25, -0.2) is 9.07 Å².